The Bertz CT molecular complexity index is 370. The Morgan fingerprint density at radius 1 is 1.14 bits per heavy atom. The summed E-state index contributed by atoms with van der Waals surface area (Å²) in [5.41, 5.74) is -0.319. The third-order valence-corrected chi connectivity index (χ3v) is 5.10. The first-order valence-corrected chi connectivity index (χ1v) is 8.08. The lowest BCUT2D eigenvalue weighted by atomic mass is 9.69. The summed E-state index contributed by atoms with van der Waals surface area (Å²) < 4.78 is 5.34. The van der Waals surface area contributed by atoms with Crippen molar-refractivity contribution in [3.05, 3.63) is 0 Å². The molecule has 1 heterocycles. The highest BCUT2D eigenvalue weighted by Gasteiger charge is 2.38. The predicted molar refractivity (Wildman–Crippen MR) is 79.0 cm³/mol. The zero-order valence-electron chi connectivity index (χ0n) is 13.0. The van der Waals surface area contributed by atoms with E-state index in [-0.39, 0.29) is 23.8 Å². The van der Waals surface area contributed by atoms with Crippen LogP contribution in [0.4, 0.5) is 0 Å². The van der Waals surface area contributed by atoms with Crippen LogP contribution in [-0.4, -0.2) is 48.2 Å². The monoisotopic (exact) mass is 297 g/mol. The molecule has 0 aromatic rings. The second kappa shape index (κ2) is 7.25. The van der Waals surface area contributed by atoms with Gasteiger partial charge in [-0.05, 0) is 31.1 Å². The molecular formula is C16H27NO4. The topological polar surface area (TPSA) is 66.8 Å². The molecule has 1 saturated carbocycles. The molecule has 2 aliphatic rings. The zero-order chi connectivity index (χ0) is 15.3. The van der Waals surface area contributed by atoms with Crippen LogP contribution in [0.3, 0.4) is 0 Å². The zero-order valence-corrected chi connectivity index (χ0v) is 13.0. The van der Waals surface area contributed by atoms with E-state index in [1.165, 1.54) is 0 Å². The average molecular weight is 297 g/mol. The van der Waals surface area contributed by atoms with E-state index in [1.54, 1.807) is 0 Å². The largest absolute Gasteiger partial charge is 0.481 e. The number of ether oxygens (including phenoxy) is 1. The highest BCUT2D eigenvalue weighted by molar-refractivity contribution is 5.78. The van der Waals surface area contributed by atoms with Crippen molar-refractivity contribution in [1.29, 1.82) is 0 Å². The number of hydrogen-bond donors (Lipinski definition) is 1. The SMILES string of the molecule is CN(C(=O)CC1(CC(=O)O)CCCCC1)C1CCOCC1. The van der Waals surface area contributed by atoms with Crippen LogP contribution in [0.5, 0.6) is 0 Å². The van der Waals surface area contributed by atoms with Crippen LogP contribution >= 0.6 is 0 Å². The van der Waals surface area contributed by atoms with Crippen molar-refractivity contribution in [3.8, 4) is 0 Å². The van der Waals surface area contributed by atoms with Gasteiger partial charge >= 0.3 is 5.97 Å². The van der Waals surface area contributed by atoms with Crippen LogP contribution in [0.25, 0.3) is 0 Å². The van der Waals surface area contributed by atoms with Crippen LogP contribution in [0.15, 0.2) is 0 Å². The average Bonchev–Trinajstić information content (AvgIpc) is 2.47. The quantitative estimate of drug-likeness (QED) is 0.846. The Labute approximate surface area is 126 Å². The molecule has 0 atom stereocenters. The maximum absolute atomic E-state index is 12.6. The molecular weight excluding hydrogens is 270 g/mol. The number of hydrogen-bond acceptors (Lipinski definition) is 3. The van der Waals surface area contributed by atoms with Crippen LogP contribution < -0.4 is 0 Å². The molecule has 1 aliphatic heterocycles. The van der Waals surface area contributed by atoms with E-state index in [4.69, 9.17) is 4.74 Å². The van der Waals surface area contributed by atoms with Gasteiger partial charge in [0.25, 0.3) is 0 Å². The van der Waals surface area contributed by atoms with Crippen molar-refractivity contribution in [2.45, 2.75) is 63.8 Å². The summed E-state index contributed by atoms with van der Waals surface area (Å²) in [5, 5.41) is 9.19. The fraction of sp³-hybridized carbons (Fsp3) is 0.875. The van der Waals surface area contributed by atoms with Gasteiger partial charge in [0.1, 0.15) is 0 Å². The second-order valence-corrected chi connectivity index (χ2v) is 6.66. The minimum atomic E-state index is -0.779. The van der Waals surface area contributed by atoms with Gasteiger partial charge in [-0.25, -0.2) is 0 Å². The molecule has 0 spiro atoms. The summed E-state index contributed by atoms with van der Waals surface area (Å²) in [5.74, 6) is -0.677. The van der Waals surface area contributed by atoms with Gasteiger partial charge in [-0.2, -0.15) is 0 Å². The minimum absolute atomic E-state index is 0.102. The highest BCUT2D eigenvalue weighted by atomic mass is 16.5. The number of carbonyl (C=O) groups is 2. The molecule has 5 heteroatoms. The lowest BCUT2D eigenvalue weighted by Gasteiger charge is -2.38. The summed E-state index contributed by atoms with van der Waals surface area (Å²) in [6.07, 6.45) is 7.25. The van der Waals surface area contributed by atoms with Crippen molar-refractivity contribution in [2.75, 3.05) is 20.3 Å². The molecule has 1 N–H and O–H groups in total. The number of carboxylic acids is 1. The van der Waals surface area contributed by atoms with Crippen molar-refractivity contribution in [3.63, 3.8) is 0 Å². The first-order valence-electron chi connectivity index (χ1n) is 8.08. The number of carbonyl (C=O) groups excluding carboxylic acids is 1. The molecule has 5 nitrogen and oxygen atoms in total. The summed E-state index contributed by atoms with van der Waals surface area (Å²) >= 11 is 0. The molecule has 21 heavy (non-hydrogen) atoms. The lowest BCUT2D eigenvalue weighted by Crippen LogP contribution is -2.43. The minimum Gasteiger partial charge on any atom is -0.481 e. The van der Waals surface area contributed by atoms with E-state index in [0.717, 1.165) is 44.9 Å². The lowest BCUT2D eigenvalue weighted by molar-refractivity contribution is -0.143. The van der Waals surface area contributed by atoms with E-state index in [1.807, 2.05) is 11.9 Å². The Hall–Kier alpha value is -1.10. The highest BCUT2D eigenvalue weighted by Crippen LogP contribution is 2.42. The van der Waals surface area contributed by atoms with E-state index in [2.05, 4.69) is 0 Å². The first-order chi connectivity index (χ1) is 10.0. The van der Waals surface area contributed by atoms with Gasteiger partial charge in [-0.15, -0.1) is 0 Å². The molecule has 0 bridgehead atoms. The molecule has 2 fully saturated rings. The van der Waals surface area contributed by atoms with Crippen molar-refractivity contribution < 1.29 is 19.4 Å². The van der Waals surface area contributed by atoms with Crippen LogP contribution in [0.2, 0.25) is 0 Å². The predicted octanol–water partition coefficient (Wildman–Crippen LogP) is 2.44. The number of nitrogens with zero attached hydrogens (tertiary/aromatic N) is 1. The normalized spacial score (nSPS) is 22.7. The molecule has 1 aliphatic carbocycles. The fourth-order valence-electron chi connectivity index (χ4n) is 3.76. The van der Waals surface area contributed by atoms with E-state index in [9.17, 15) is 14.7 Å². The standard InChI is InChI=1S/C16H27NO4/c1-17(13-5-9-21-10-6-13)14(18)11-16(12-15(19)20)7-3-2-4-8-16/h13H,2-12H2,1H3,(H,19,20). The third kappa shape index (κ3) is 4.43. The molecule has 0 unspecified atom stereocenters. The van der Waals surface area contributed by atoms with Gasteiger partial charge in [0.2, 0.25) is 5.91 Å². The van der Waals surface area contributed by atoms with E-state index < -0.39 is 5.97 Å². The number of amides is 1. The van der Waals surface area contributed by atoms with E-state index >= 15 is 0 Å². The summed E-state index contributed by atoms with van der Waals surface area (Å²) in [6.45, 7) is 1.42. The van der Waals surface area contributed by atoms with Crippen LogP contribution in [0.1, 0.15) is 57.8 Å². The van der Waals surface area contributed by atoms with Crippen LogP contribution in [-0.2, 0) is 14.3 Å². The summed E-state index contributed by atoms with van der Waals surface area (Å²) in [4.78, 5) is 25.6. The van der Waals surface area contributed by atoms with Crippen molar-refractivity contribution in [2.24, 2.45) is 5.41 Å². The maximum Gasteiger partial charge on any atom is 0.303 e. The van der Waals surface area contributed by atoms with E-state index in [0.29, 0.717) is 19.6 Å². The third-order valence-electron chi connectivity index (χ3n) is 5.10. The maximum atomic E-state index is 12.6. The molecule has 1 saturated heterocycles. The van der Waals surface area contributed by atoms with Gasteiger partial charge in [0.15, 0.2) is 0 Å². The number of rotatable bonds is 5. The van der Waals surface area contributed by atoms with Gasteiger partial charge in [-0.3, -0.25) is 9.59 Å². The molecule has 0 radical (unpaired) electrons. The van der Waals surface area contributed by atoms with Gasteiger partial charge < -0.3 is 14.7 Å². The van der Waals surface area contributed by atoms with Gasteiger partial charge in [-0.1, -0.05) is 19.3 Å². The first kappa shape index (κ1) is 16.3. The van der Waals surface area contributed by atoms with Crippen LogP contribution in [0, 0.1) is 5.41 Å². The Kier molecular flexibility index (Phi) is 5.62. The van der Waals surface area contributed by atoms with Crippen molar-refractivity contribution >= 4 is 11.9 Å². The Morgan fingerprint density at radius 2 is 1.76 bits per heavy atom. The number of carboxylic acid groups (broad SMARTS) is 1. The molecule has 2 rings (SSSR count). The molecule has 120 valence electrons. The summed E-state index contributed by atoms with van der Waals surface area (Å²) in [6, 6.07) is 0.247. The Balaban J connectivity index is 1.97. The molecule has 1 amide bonds. The smallest absolute Gasteiger partial charge is 0.303 e. The van der Waals surface area contributed by atoms with Crippen molar-refractivity contribution in [1.82, 2.24) is 4.90 Å². The second-order valence-electron chi connectivity index (χ2n) is 6.66. The Morgan fingerprint density at radius 3 is 2.33 bits per heavy atom. The molecule has 0 aromatic heterocycles. The summed E-state index contributed by atoms with van der Waals surface area (Å²) in [7, 11) is 1.86. The molecule has 0 aromatic carbocycles. The fourth-order valence-corrected chi connectivity index (χ4v) is 3.76. The number of aliphatic carboxylic acids is 1. The van der Waals surface area contributed by atoms with Gasteiger partial charge in [0.05, 0.1) is 6.42 Å². The van der Waals surface area contributed by atoms with Gasteiger partial charge in [0, 0.05) is 32.7 Å².